The van der Waals surface area contributed by atoms with Gasteiger partial charge in [0, 0.05) is 12.3 Å². The van der Waals surface area contributed by atoms with E-state index in [2.05, 4.69) is 0 Å². The molecule has 2 bridgehead atoms. The highest BCUT2D eigenvalue weighted by molar-refractivity contribution is 4.97. The molecular weight excluding hydrogens is 176 g/mol. The van der Waals surface area contributed by atoms with Gasteiger partial charge in [-0.15, -0.1) is 0 Å². The topological polar surface area (TPSA) is 18.5 Å². The van der Waals surface area contributed by atoms with Crippen LogP contribution in [0.2, 0.25) is 0 Å². The molecule has 14 heavy (non-hydrogen) atoms. The summed E-state index contributed by atoms with van der Waals surface area (Å²) in [7, 11) is 0. The Morgan fingerprint density at radius 2 is 1.71 bits per heavy atom. The molecule has 3 rings (SSSR count). The lowest BCUT2D eigenvalue weighted by Crippen LogP contribution is -2.42. The molecule has 0 N–H and O–H groups in total. The van der Waals surface area contributed by atoms with E-state index in [0.717, 1.165) is 19.1 Å². The molecule has 0 amide bonds. The molecule has 3 aliphatic rings. The van der Waals surface area contributed by atoms with Crippen LogP contribution in [-0.2, 0) is 9.47 Å². The molecule has 2 heteroatoms. The van der Waals surface area contributed by atoms with E-state index in [4.69, 9.17) is 9.47 Å². The molecule has 0 aromatic carbocycles. The van der Waals surface area contributed by atoms with E-state index in [1.54, 1.807) is 0 Å². The Labute approximate surface area is 86.0 Å². The van der Waals surface area contributed by atoms with Gasteiger partial charge in [-0.2, -0.15) is 0 Å². The van der Waals surface area contributed by atoms with E-state index in [1.807, 2.05) is 0 Å². The second-order valence-electron chi connectivity index (χ2n) is 5.15. The van der Waals surface area contributed by atoms with Gasteiger partial charge >= 0.3 is 0 Å². The average Bonchev–Trinajstić information content (AvgIpc) is 2.71. The van der Waals surface area contributed by atoms with Crippen LogP contribution in [0.1, 0.15) is 44.9 Å². The molecule has 1 saturated heterocycles. The first-order chi connectivity index (χ1) is 6.89. The van der Waals surface area contributed by atoms with Crippen molar-refractivity contribution in [3.63, 3.8) is 0 Å². The van der Waals surface area contributed by atoms with Gasteiger partial charge in [-0.05, 0) is 44.4 Å². The fraction of sp³-hybridized carbons (Fsp3) is 1.00. The van der Waals surface area contributed by atoms with Crippen LogP contribution in [0.25, 0.3) is 0 Å². The molecular formula is C12H20O2. The second kappa shape index (κ2) is 3.49. The van der Waals surface area contributed by atoms with Gasteiger partial charge in [0.05, 0.1) is 13.2 Å². The Balaban J connectivity index is 1.73. The summed E-state index contributed by atoms with van der Waals surface area (Å²) in [5, 5.41) is 0. The Hall–Kier alpha value is -0.0800. The van der Waals surface area contributed by atoms with Crippen molar-refractivity contribution in [1.29, 1.82) is 0 Å². The van der Waals surface area contributed by atoms with E-state index >= 15 is 0 Å². The Morgan fingerprint density at radius 3 is 2.29 bits per heavy atom. The van der Waals surface area contributed by atoms with Gasteiger partial charge in [-0.3, -0.25) is 0 Å². The lowest BCUT2D eigenvalue weighted by molar-refractivity contribution is -0.269. The molecule has 1 aliphatic heterocycles. The number of fused-ring (bicyclic) bond motifs is 3. The molecule has 2 atom stereocenters. The van der Waals surface area contributed by atoms with Crippen molar-refractivity contribution in [2.24, 2.45) is 11.8 Å². The maximum Gasteiger partial charge on any atom is 0.171 e. The summed E-state index contributed by atoms with van der Waals surface area (Å²) in [5.74, 6) is 1.48. The van der Waals surface area contributed by atoms with Crippen LogP contribution >= 0.6 is 0 Å². The first-order valence-corrected chi connectivity index (χ1v) is 6.17. The average molecular weight is 196 g/mol. The Kier molecular flexibility index (Phi) is 2.29. The minimum Gasteiger partial charge on any atom is -0.350 e. The lowest BCUT2D eigenvalue weighted by atomic mass is 9.93. The standard InChI is InChI=1S/C12H20O2/c1-2-6-13-12(14-7-3-1)9-10-4-5-11(12)8-10/h10-11H,1-9H2. The maximum atomic E-state index is 6.04. The highest BCUT2D eigenvalue weighted by Gasteiger charge is 2.53. The van der Waals surface area contributed by atoms with Crippen molar-refractivity contribution >= 4 is 0 Å². The van der Waals surface area contributed by atoms with Gasteiger partial charge < -0.3 is 9.47 Å². The van der Waals surface area contributed by atoms with Crippen molar-refractivity contribution in [1.82, 2.24) is 0 Å². The third-order valence-corrected chi connectivity index (χ3v) is 4.22. The zero-order chi connectivity index (χ0) is 9.43. The summed E-state index contributed by atoms with van der Waals surface area (Å²) in [5.41, 5.74) is 0. The summed E-state index contributed by atoms with van der Waals surface area (Å²) < 4.78 is 12.1. The summed E-state index contributed by atoms with van der Waals surface area (Å²) in [6, 6.07) is 0. The molecule has 1 spiro atoms. The molecule has 2 saturated carbocycles. The number of ether oxygens (including phenoxy) is 2. The minimum absolute atomic E-state index is 0.136. The predicted molar refractivity (Wildman–Crippen MR) is 53.9 cm³/mol. The molecule has 0 aromatic heterocycles. The summed E-state index contributed by atoms with van der Waals surface area (Å²) in [4.78, 5) is 0. The molecule has 0 aromatic rings. The van der Waals surface area contributed by atoms with Crippen LogP contribution in [0.15, 0.2) is 0 Å². The lowest BCUT2D eigenvalue weighted by Gasteiger charge is -2.38. The fourth-order valence-electron chi connectivity index (χ4n) is 3.49. The number of rotatable bonds is 0. The molecule has 3 fully saturated rings. The van der Waals surface area contributed by atoms with Crippen molar-refractivity contribution < 1.29 is 9.47 Å². The highest BCUT2D eigenvalue weighted by Crippen LogP contribution is 2.53. The summed E-state index contributed by atoms with van der Waals surface area (Å²) in [6.45, 7) is 1.84. The van der Waals surface area contributed by atoms with Gasteiger partial charge in [0.2, 0.25) is 0 Å². The quantitative estimate of drug-likeness (QED) is 0.593. The zero-order valence-corrected chi connectivity index (χ0v) is 8.84. The molecule has 0 radical (unpaired) electrons. The third-order valence-electron chi connectivity index (χ3n) is 4.22. The first-order valence-electron chi connectivity index (χ1n) is 6.17. The van der Waals surface area contributed by atoms with Gasteiger partial charge in [-0.1, -0.05) is 0 Å². The highest BCUT2D eigenvalue weighted by atomic mass is 16.7. The predicted octanol–water partition coefficient (Wildman–Crippen LogP) is 2.72. The summed E-state index contributed by atoms with van der Waals surface area (Å²) in [6.07, 6.45) is 9.01. The van der Waals surface area contributed by atoms with Gasteiger partial charge in [0.25, 0.3) is 0 Å². The minimum atomic E-state index is -0.136. The normalized spacial score (nSPS) is 41.1. The smallest absolute Gasteiger partial charge is 0.171 e. The molecule has 2 nitrogen and oxygen atoms in total. The Morgan fingerprint density at radius 1 is 0.929 bits per heavy atom. The van der Waals surface area contributed by atoms with Crippen molar-refractivity contribution in [3.8, 4) is 0 Å². The van der Waals surface area contributed by atoms with E-state index < -0.39 is 0 Å². The van der Waals surface area contributed by atoms with Crippen molar-refractivity contribution in [2.45, 2.75) is 50.7 Å². The molecule has 80 valence electrons. The number of hydrogen-bond donors (Lipinski definition) is 0. The summed E-state index contributed by atoms with van der Waals surface area (Å²) >= 11 is 0. The third kappa shape index (κ3) is 1.40. The second-order valence-corrected chi connectivity index (χ2v) is 5.15. The molecule has 2 unspecified atom stereocenters. The largest absolute Gasteiger partial charge is 0.350 e. The SMILES string of the molecule is C1CCOC2(CC3CCC2C3)OCC1. The van der Waals surface area contributed by atoms with Gasteiger partial charge in [-0.25, -0.2) is 0 Å². The van der Waals surface area contributed by atoms with Crippen LogP contribution in [0.5, 0.6) is 0 Å². The molecule has 1 heterocycles. The van der Waals surface area contributed by atoms with Gasteiger partial charge in [0.15, 0.2) is 5.79 Å². The van der Waals surface area contributed by atoms with E-state index in [9.17, 15) is 0 Å². The number of hydrogen-bond acceptors (Lipinski definition) is 2. The first kappa shape index (κ1) is 9.17. The van der Waals surface area contributed by atoms with Gasteiger partial charge in [0.1, 0.15) is 0 Å². The monoisotopic (exact) mass is 196 g/mol. The van der Waals surface area contributed by atoms with Crippen LogP contribution in [0, 0.1) is 11.8 Å². The van der Waals surface area contributed by atoms with E-state index in [0.29, 0.717) is 5.92 Å². The van der Waals surface area contributed by atoms with E-state index in [-0.39, 0.29) is 5.79 Å². The van der Waals surface area contributed by atoms with Crippen LogP contribution in [-0.4, -0.2) is 19.0 Å². The Bertz CT molecular complexity index is 206. The van der Waals surface area contributed by atoms with Crippen molar-refractivity contribution in [2.75, 3.05) is 13.2 Å². The molecule has 2 aliphatic carbocycles. The van der Waals surface area contributed by atoms with Crippen LogP contribution in [0.4, 0.5) is 0 Å². The fourth-order valence-corrected chi connectivity index (χ4v) is 3.49. The van der Waals surface area contributed by atoms with E-state index in [1.165, 1.54) is 44.9 Å². The van der Waals surface area contributed by atoms with Crippen molar-refractivity contribution in [3.05, 3.63) is 0 Å². The van der Waals surface area contributed by atoms with Crippen LogP contribution < -0.4 is 0 Å². The zero-order valence-electron chi connectivity index (χ0n) is 8.84. The maximum absolute atomic E-state index is 6.04. The van der Waals surface area contributed by atoms with Crippen LogP contribution in [0.3, 0.4) is 0 Å².